The fourth-order valence-electron chi connectivity index (χ4n) is 1.90. The van der Waals surface area contributed by atoms with E-state index in [9.17, 15) is 13.2 Å². The van der Waals surface area contributed by atoms with Gasteiger partial charge in [0.2, 0.25) is 0 Å². The lowest BCUT2D eigenvalue weighted by Gasteiger charge is -2.11. The molecule has 8 heteroatoms. The lowest BCUT2D eigenvalue weighted by atomic mass is 10.1. The zero-order valence-electron chi connectivity index (χ0n) is 11.2. The highest BCUT2D eigenvalue weighted by atomic mass is 35.5. The highest BCUT2D eigenvalue weighted by Crippen LogP contribution is 2.35. The quantitative estimate of drug-likeness (QED) is 0.940. The Kier molecular flexibility index (Phi) is 4.53. The van der Waals surface area contributed by atoms with Gasteiger partial charge in [0.1, 0.15) is 5.82 Å². The molecule has 0 amide bonds. The minimum Gasteiger partial charge on any atom is -0.396 e. The maximum Gasteiger partial charge on any atom is 0.416 e. The molecule has 0 atom stereocenters. The van der Waals surface area contributed by atoms with Crippen molar-refractivity contribution in [2.45, 2.75) is 26.1 Å². The van der Waals surface area contributed by atoms with Crippen molar-refractivity contribution in [3.8, 4) is 11.4 Å². The summed E-state index contributed by atoms with van der Waals surface area (Å²) in [5.74, 6) is 0.688. The van der Waals surface area contributed by atoms with E-state index in [2.05, 4.69) is 10.1 Å². The number of aryl methyl sites for hydroxylation is 2. The standard InChI is InChI=1S/C13H13ClF3N3O/c1-8-18-12(20(19-8)5-2-6-21)10-7-9(13(15,16)17)3-4-11(10)14/h3-4,7,21H,2,5-6H2,1H3. The van der Waals surface area contributed by atoms with Crippen LogP contribution in [0, 0.1) is 6.92 Å². The number of aliphatic hydroxyl groups excluding tert-OH is 1. The second-order valence-corrected chi connectivity index (χ2v) is 4.88. The van der Waals surface area contributed by atoms with E-state index >= 15 is 0 Å². The first-order valence-electron chi connectivity index (χ1n) is 6.22. The molecule has 0 fully saturated rings. The smallest absolute Gasteiger partial charge is 0.396 e. The fourth-order valence-corrected chi connectivity index (χ4v) is 2.11. The third kappa shape index (κ3) is 3.54. The second kappa shape index (κ2) is 6.03. The van der Waals surface area contributed by atoms with Crippen LogP contribution in [0.4, 0.5) is 13.2 Å². The van der Waals surface area contributed by atoms with Crippen LogP contribution in [0.1, 0.15) is 17.8 Å². The highest BCUT2D eigenvalue weighted by molar-refractivity contribution is 6.33. The van der Waals surface area contributed by atoms with Crippen molar-refractivity contribution in [2.75, 3.05) is 6.61 Å². The van der Waals surface area contributed by atoms with E-state index in [-0.39, 0.29) is 23.0 Å². The van der Waals surface area contributed by atoms with Crippen molar-refractivity contribution in [3.63, 3.8) is 0 Å². The molecule has 1 N–H and O–H groups in total. The molecule has 1 aromatic carbocycles. The third-order valence-corrected chi connectivity index (χ3v) is 3.17. The van der Waals surface area contributed by atoms with Gasteiger partial charge in [-0.05, 0) is 31.5 Å². The van der Waals surface area contributed by atoms with Crippen LogP contribution in [0.25, 0.3) is 11.4 Å². The van der Waals surface area contributed by atoms with Gasteiger partial charge in [-0.3, -0.25) is 0 Å². The molecule has 1 heterocycles. The number of hydrogen-bond acceptors (Lipinski definition) is 3. The lowest BCUT2D eigenvalue weighted by Crippen LogP contribution is -2.07. The summed E-state index contributed by atoms with van der Waals surface area (Å²) in [6, 6.07) is 3.08. The average molecular weight is 320 g/mol. The van der Waals surface area contributed by atoms with Gasteiger partial charge in [0.05, 0.1) is 10.6 Å². The molecule has 0 aliphatic carbocycles. The van der Waals surface area contributed by atoms with E-state index < -0.39 is 11.7 Å². The summed E-state index contributed by atoms with van der Waals surface area (Å²) in [6.07, 6.45) is -4.03. The van der Waals surface area contributed by atoms with Gasteiger partial charge in [-0.2, -0.15) is 18.3 Å². The highest BCUT2D eigenvalue weighted by Gasteiger charge is 2.31. The Morgan fingerprint density at radius 2 is 2.05 bits per heavy atom. The maximum absolute atomic E-state index is 12.8. The number of benzene rings is 1. The molecule has 114 valence electrons. The number of halogens is 4. The largest absolute Gasteiger partial charge is 0.416 e. The van der Waals surface area contributed by atoms with Gasteiger partial charge in [0.25, 0.3) is 0 Å². The van der Waals surface area contributed by atoms with Crippen molar-refractivity contribution >= 4 is 11.6 Å². The fraction of sp³-hybridized carbons (Fsp3) is 0.385. The molecule has 0 saturated carbocycles. The van der Waals surface area contributed by atoms with E-state index in [4.69, 9.17) is 16.7 Å². The Morgan fingerprint density at radius 1 is 1.33 bits per heavy atom. The summed E-state index contributed by atoms with van der Waals surface area (Å²) < 4.78 is 39.9. The Labute approximate surface area is 124 Å². The van der Waals surface area contributed by atoms with Crippen molar-refractivity contribution in [1.82, 2.24) is 14.8 Å². The zero-order valence-corrected chi connectivity index (χ0v) is 11.9. The van der Waals surface area contributed by atoms with Crippen molar-refractivity contribution < 1.29 is 18.3 Å². The number of nitrogens with zero attached hydrogens (tertiary/aromatic N) is 3. The Bertz CT molecular complexity index is 640. The molecule has 0 spiro atoms. The lowest BCUT2D eigenvalue weighted by molar-refractivity contribution is -0.137. The van der Waals surface area contributed by atoms with E-state index in [0.29, 0.717) is 18.8 Å². The number of alkyl halides is 3. The topological polar surface area (TPSA) is 50.9 Å². The molecule has 0 unspecified atom stereocenters. The van der Waals surface area contributed by atoms with Crippen LogP contribution in [-0.2, 0) is 12.7 Å². The molecule has 4 nitrogen and oxygen atoms in total. The summed E-state index contributed by atoms with van der Waals surface area (Å²) in [5.41, 5.74) is -0.624. The molecular weight excluding hydrogens is 307 g/mol. The number of aromatic nitrogens is 3. The van der Waals surface area contributed by atoms with Crippen LogP contribution < -0.4 is 0 Å². The predicted molar refractivity (Wildman–Crippen MR) is 71.9 cm³/mol. The van der Waals surface area contributed by atoms with Crippen molar-refractivity contribution in [1.29, 1.82) is 0 Å². The van der Waals surface area contributed by atoms with Gasteiger partial charge in [-0.25, -0.2) is 9.67 Å². The summed E-state index contributed by atoms with van der Waals surface area (Å²) in [4.78, 5) is 4.14. The normalized spacial score (nSPS) is 11.9. The van der Waals surface area contributed by atoms with Crippen LogP contribution in [0.3, 0.4) is 0 Å². The van der Waals surface area contributed by atoms with Crippen LogP contribution in [0.2, 0.25) is 5.02 Å². The zero-order chi connectivity index (χ0) is 15.6. The molecule has 0 radical (unpaired) electrons. The van der Waals surface area contributed by atoms with Gasteiger partial charge < -0.3 is 5.11 Å². The van der Waals surface area contributed by atoms with Crippen LogP contribution in [0.15, 0.2) is 18.2 Å². The number of hydrogen-bond donors (Lipinski definition) is 1. The van der Waals surface area contributed by atoms with Crippen molar-refractivity contribution in [3.05, 3.63) is 34.6 Å². The molecular formula is C13H13ClF3N3O. The van der Waals surface area contributed by atoms with E-state index in [1.807, 2.05) is 0 Å². The van der Waals surface area contributed by atoms with E-state index in [0.717, 1.165) is 12.1 Å². The Balaban J connectivity index is 2.50. The molecule has 1 aromatic heterocycles. The molecule has 0 bridgehead atoms. The minimum atomic E-state index is -4.45. The average Bonchev–Trinajstić information content (AvgIpc) is 2.76. The van der Waals surface area contributed by atoms with Gasteiger partial charge in [-0.1, -0.05) is 11.6 Å². The summed E-state index contributed by atoms with van der Waals surface area (Å²) in [6.45, 7) is 1.94. The number of aliphatic hydroxyl groups is 1. The molecule has 2 aromatic rings. The predicted octanol–water partition coefficient (Wildman–Crippen LogP) is 3.31. The summed E-state index contributed by atoms with van der Waals surface area (Å²) in [5, 5.41) is 13.1. The summed E-state index contributed by atoms with van der Waals surface area (Å²) in [7, 11) is 0. The van der Waals surface area contributed by atoms with Gasteiger partial charge in [0.15, 0.2) is 5.82 Å². The van der Waals surface area contributed by atoms with Gasteiger partial charge in [-0.15, -0.1) is 0 Å². The van der Waals surface area contributed by atoms with Gasteiger partial charge in [0, 0.05) is 18.7 Å². The molecule has 0 aliphatic rings. The first-order chi connectivity index (χ1) is 9.82. The van der Waals surface area contributed by atoms with Crippen LogP contribution in [-0.4, -0.2) is 26.5 Å². The minimum absolute atomic E-state index is 0.0470. The molecule has 2 rings (SSSR count). The monoisotopic (exact) mass is 319 g/mol. The van der Waals surface area contributed by atoms with Crippen LogP contribution in [0.5, 0.6) is 0 Å². The maximum atomic E-state index is 12.8. The Hall–Kier alpha value is -1.60. The third-order valence-electron chi connectivity index (χ3n) is 2.84. The van der Waals surface area contributed by atoms with Crippen molar-refractivity contribution in [2.24, 2.45) is 0 Å². The Morgan fingerprint density at radius 3 is 2.67 bits per heavy atom. The number of rotatable bonds is 4. The van der Waals surface area contributed by atoms with Crippen LogP contribution >= 0.6 is 11.6 Å². The molecule has 0 saturated heterocycles. The van der Waals surface area contributed by atoms with E-state index in [1.54, 1.807) is 6.92 Å². The second-order valence-electron chi connectivity index (χ2n) is 4.48. The molecule has 0 aliphatic heterocycles. The summed E-state index contributed by atoms with van der Waals surface area (Å²) >= 11 is 6.00. The molecule has 21 heavy (non-hydrogen) atoms. The first-order valence-corrected chi connectivity index (χ1v) is 6.60. The first kappa shape index (κ1) is 15.8. The van der Waals surface area contributed by atoms with E-state index in [1.165, 1.54) is 10.7 Å². The van der Waals surface area contributed by atoms with Gasteiger partial charge >= 0.3 is 6.18 Å². The SMILES string of the molecule is Cc1nc(-c2cc(C(F)(F)F)ccc2Cl)n(CCCO)n1.